The van der Waals surface area contributed by atoms with E-state index in [1.807, 2.05) is 0 Å². The van der Waals surface area contributed by atoms with Gasteiger partial charge in [-0.2, -0.15) is 0 Å². The van der Waals surface area contributed by atoms with Gasteiger partial charge in [-0.3, -0.25) is 4.79 Å². The van der Waals surface area contributed by atoms with Gasteiger partial charge in [0.25, 0.3) is 0 Å². The van der Waals surface area contributed by atoms with E-state index in [9.17, 15) is 9.59 Å². The maximum absolute atomic E-state index is 9.90. The highest BCUT2D eigenvalue weighted by molar-refractivity contribution is 5.77. The number of aliphatic carboxylic acids is 2. The Labute approximate surface area is 76.0 Å². The van der Waals surface area contributed by atoms with Crippen LogP contribution in [0.3, 0.4) is 0 Å². The second-order valence-electron chi connectivity index (χ2n) is 3.04. The first kappa shape index (κ1) is 14.4. The number of aliphatic hydroxyl groups excluding tert-OH is 1. The third-order valence-electron chi connectivity index (χ3n) is 0.909. The van der Waals surface area contributed by atoms with Crippen LogP contribution in [0.4, 0.5) is 0 Å². The Morgan fingerprint density at radius 3 is 1.46 bits per heavy atom. The summed E-state index contributed by atoms with van der Waals surface area (Å²) in [6.07, 6.45) is -1.23. The predicted octanol–water partition coefficient (Wildman–Crippen LogP) is -0.740. The fourth-order valence-corrected chi connectivity index (χ4v) is 0. The summed E-state index contributed by atoms with van der Waals surface area (Å²) in [5, 5.41) is 23.9. The predicted molar refractivity (Wildman–Crippen MR) is 45.2 cm³/mol. The standard InChI is InChI=1S/C4H9NO2.C3H6O3/c1-4(2,5)3(6)7;1-2(4)3(5)6/h5H2,1-2H3,(H,6,7);2,4H,1H3,(H,5,6). The van der Waals surface area contributed by atoms with Gasteiger partial charge in [0, 0.05) is 0 Å². The molecule has 0 aliphatic carbocycles. The molecule has 0 radical (unpaired) electrons. The first-order valence-corrected chi connectivity index (χ1v) is 3.52. The molecule has 0 aromatic rings. The number of carboxylic acids is 2. The van der Waals surface area contributed by atoms with Crippen molar-refractivity contribution in [1.82, 2.24) is 0 Å². The first-order valence-electron chi connectivity index (χ1n) is 3.52. The van der Waals surface area contributed by atoms with Crippen LogP contribution in [0.25, 0.3) is 0 Å². The molecule has 13 heavy (non-hydrogen) atoms. The molecule has 0 heterocycles. The van der Waals surface area contributed by atoms with Crippen molar-refractivity contribution in [2.75, 3.05) is 0 Å². The summed E-state index contributed by atoms with van der Waals surface area (Å²) in [6, 6.07) is 0. The number of aliphatic hydroxyl groups is 1. The molecule has 1 atom stereocenters. The largest absolute Gasteiger partial charge is 0.480 e. The van der Waals surface area contributed by atoms with Crippen molar-refractivity contribution in [3.05, 3.63) is 0 Å². The van der Waals surface area contributed by atoms with Crippen molar-refractivity contribution in [2.24, 2.45) is 5.73 Å². The van der Waals surface area contributed by atoms with E-state index in [1.54, 1.807) is 0 Å². The van der Waals surface area contributed by atoms with Crippen molar-refractivity contribution in [1.29, 1.82) is 0 Å². The molecule has 0 rings (SSSR count). The van der Waals surface area contributed by atoms with Crippen LogP contribution in [0.15, 0.2) is 0 Å². The number of hydrogen-bond donors (Lipinski definition) is 4. The van der Waals surface area contributed by atoms with Crippen LogP contribution >= 0.6 is 0 Å². The van der Waals surface area contributed by atoms with Crippen molar-refractivity contribution < 1.29 is 24.9 Å². The number of nitrogens with two attached hydrogens (primary N) is 1. The Kier molecular flexibility index (Phi) is 6.08. The Morgan fingerprint density at radius 2 is 1.46 bits per heavy atom. The summed E-state index contributed by atoms with van der Waals surface area (Å²) in [4.78, 5) is 19.3. The third-order valence-corrected chi connectivity index (χ3v) is 0.909. The highest BCUT2D eigenvalue weighted by atomic mass is 16.4. The van der Waals surface area contributed by atoms with Gasteiger partial charge >= 0.3 is 11.9 Å². The summed E-state index contributed by atoms with van der Waals surface area (Å²) in [7, 11) is 0. The van der Waals surface area contributed by atoms with Gasteiger partial charge in [-0.15, -0.1) is 0 Å². The van der Waals surface area contributed by atoms with Crippen molar-refractivity contribution in [2.45, 2.75) is 32.4 Å². The molecule has 0 bridgehead atoms. The van der Waals surface area contributed by atoms with Gasteiger partial charge in [0.2, 0.25) is 0 Å². The average molecular weight is 193 g/mol. The van der Waals surface area contributed by atoms with Gasteiger partial charge in [-0.05, 0) is 20.8 Å². The molecule has 6 nitrogen and oxygen atoms in total. The van der Waals surface area contributed by atoms with Crippen LogP contribution in [0.1, 0.15) is 20.8 Å². The summed E-state index contributed by atoms with van der Waals surface area (Å²) in [5.74, 6) is -2.16. The molecule has 78 valence electrons. The Bertz CT molecular complexity index is 182. The van der Waals surface area contributed by atoms with E-state index in [0.29, 0.717) is 0 Å². The Balaban J connectivity index is 0. The minimum atomic E-state index is -1.23. The Hall–Kier alpha value is -1.14. The summed E-state index contributed by atoms with van der Waals surface area (Å²) >= 11 is 0. The fraction of sp³-hybridized carbons (Fsp3) is 0.714. The zero-order chi connectivity index (χ0) is 11.2. The number of hydrogen-bond acceptors (Lipinski definition) is 4. The van der Waals surface area contributed by atoms with Crippen molar-refractivity contribution >= 4 is 11.9 Å². The second kappa shape index (κ2) is 5.50. The van der Waals surface area contributed by atoms with Gasteiger partial charge in [0.05, 0.1) is 0 Å². The topological polar surface area (TPSA) is 121 Å². The molecule has 0 fully saturated rings. The molecule has 0 saturated carbocycles. The van der Waals surface area contributed by atoms with Crippen LogP contribution in [-0.2, 0) is 9.59 Å². The molecule has 0 saturated heterocycles. The van der Waals surface area contributed by atoms with E-state index in [4.69, 9.17) is 21.1 Å². The maximum atomic E-state index is 9.90. The van der Waals surface area contributed by atoms with Gasteiger partial charge < -0.3 is 21.1 Å². The lowest BCUT2D eigenvalue weighted by molar-refractivity contribution is -0.145. The zero-order valence-corrected chi connectivity index (χ0v) is 7.81. The van der Waals surface area contributed by atoms with Crippen LogP contribution in [-0.4, -0.2) is 38.9 Å². The van der Waals surface area contributed by atoms with Gasteiger partial charge in [0.15, 0.2) is 0 Å². The lowest BCUT2D eigenvalue weighted by atomic mass is 10.1. The molecule has 1 unspecified atom stereocenters. The van der Waals surface area contributed by atoms with E-state index in [1.165, 1.54) is 20.8 Å². The highest BCUT2D eigenvalue weighted by Crippen LogP contribution is 1.93. The number of carbonyl (C=O) groups is 2. The van der Waals surface area contributed by atoms with Crippen LogP contribution in [0.5, 0.6) is 0 Å². The molecule has 0 aliphatic rings. The van der Waals surface area contributed by atoms with Gasteiger partial charge in [-0.25, -0.2) is 4.79 Å². The van der Waals surface area contributed by atoms with E-state index >= 15 is 0 Å². The second-order valence-corrected chi connectivity index (χ2v) is 3.04. The molecule has 0 aromatic heterocycles. The quantitative estimate of drug-likeness (QED) is 0.458. The molecular formula is C7H15NO5. The fourth-order valence-electron chi connectivity index (χ4n) is 0. The lowest BCUT2D eigenvalue weighted by Gasteiger charge is -2.09. The zero-order valence-electron chi connectivity index (χ0n) is 7.81. The molecule has 0 amide bonds. The smallest absolute Gasteiger partial charge is 0.332 e. The number of rotatable bonds is 2. The molecule has 0 aliphatic heterocycles. The summed E-state index contributed by atoms with van der Waals surface area (Å²) in [5.41, 5.74) is 4.00. The summed E-state index contributed by atoms with van der Waals surface area (Å²) < 4.78 is 0. The van der Waals surface area contributed by atoms with E-state index in [-0.39, 0.29) is 0 Å². The van der Waals surface area contributed by atoms with Crippen molar-refractivity contribution in [3.63, 3.8) is 0 Å². The van der Waals surface area contributed by atoms with E-state index < -0.39 is 23.6 Å². The monoisotopic (exact) mass is 193 g/mol. The molecule has 0 spiro atoms. The normalized spacial score (nSPS) is 12.4. The van der Waals surface area contributed by atoms with Gasteiger partial charge in [-0.1, -0.05) is 0 Å². The van der Waals surface area contributed by atoms with Crippen LogP contribution < -0.4 is 5.73 Å². The SMILES string of the molecule is CC(C)(N)C(=O)O.CC(O)C(=O)O. The summed E-state index contributed by atoms with van der Waals surface area (Å²) in [6.45, 7) is 4.08. The van der Waals surface area contributed by atoms with Gasteiger partial charge in [0.1, 0.15) is 11.6 Å². The Morgan fingerprint density at radius 1 is 1.31 bits per heavy atom. The molecule has 5 N–H and O–H groups in total. The van der Waals surface area contributed by atoms with E-state index in [2.05, 4.69) is 0 Å². The molecule has 0 aromatic carbocycles. The first-order chi connectivity index (χ1) is 5.59. The highest BCUT2D eigenvalue weighted by Gasteiger charge is 2.19. The van der Waals surface area contributed by atoms with E-state index in [0.717, 1.165) is 0 Å². The minimum absolute atomic E-state index is 0.979. The van der Waals surface area contributed by atoms with Crippen LogP contribution in [0, 0.1) is 0 Å². The third kappa shape index (κ3) is 10.9. The molecule has 6 heteroatoms. The number of carboxylic acid groups (broad SMARTS) is 2. The lowest BCUT2D eigenvalue weighted by Crippen LogP contribution is -2.41. The van der Waals surface area contributed by atoms with Crippen LogP contribution in [0.2, 0.25) is 0 Å². The van der Waals surface area contributed by atoms with Crippen molar-refractivity contribution in [3.8, 4) is 0 Å². The minimum Gasteiger partial charge on any atom is -0.480 e. The molecular weight excluding hydrogens is 178 g/mol. The average Bonchev–Trinajstić information content (AvgIpc) is 1.86. The maximum Gasteiger partial charge on any atom is 0.332 e.